The number of thioether (sulfide) groups is 1. The van der Waals surface area contributed by atoms with Crippen LogP contribution >= 0.6 is 23.1 Å². The number of thiophene rings is 1. The highest BCUT2D eigenvalue weighted by atomic mass is 32.2. The second-order valence-corrected chi connectivity index (χ2v) is 9.43. The maximum Gasteiger partial charge on any atom is 0.259 e. The topological polar surface area (TPSA) is 84.1 Å². The van der Waals surface area contributed by atoms with Crippen molar-refractivity contribution in [2.75, 3.05) is 18.9 Å². The molecule has 6 nitrogen and oxygen atoms in total. The molecule has 0 bridgehead atoms. The van der Waals surface area contributed by atoms with E-state index in [0.717, 1.165) is 40.8 Å². The zero-order valence-corrected chi connectivity index (χ0v) is 18.6. The zero-order chi connectivity index (χ0) is 20.9. The van der Waals surface area contributed by atoms with Crippen LogP contribution < -0.4 is 15.6 Å². The number of para-hydroxylation sites is 1. The number of rotatable bonds is 8. The first kappa shape index (κ1) is 20.9. The fraction of sp³-hybridized carbons (Fsp3) is 0.409. The van der Waals surface area contributed by atoms with Gasteiger partial charge in [0.15, 0.2) is 0 Å². The minimum atomic E-state index is -0.0524. The van der Waals surface area contributed by atoms with Crippen LogP contribution in [0.15, 0.2) is 29.1 Å². The van der Waals surface area contributed by atoms with E-state index < -0.39 is 0 Å². The summed E-state index contributed by atoms with van der Waals surface area (Å²) in [6.45, 7) is 2.87. The Bertz CT molecular complexity index is 1110. The highest BCUT2D eigenvalue weighted by molar-refractivity contribution is 7.99. The van der Waals surface area contributed by atoms with E-state index in [1.165, 1.54) is 28.6 Å². The molecule has 2 N–H and O–H groups in total. The van der Waals surface area contributed by atoms with Gasteiger partial charge in [0.05, 0.1) is 23.4 Å². The van der Waals surface area contributed by atoms with Crippen molar-refractivity contribution in [3.63, 3.8) is 0 Å². The molecular formula is C22H25N3O3S2. The molecule has 0 atom stereocenters. The number of nitrogens with zero attached hydrogens (tertiary/aromatic N) is 1. The molecule has 0 saturated heterocycles. The summed E-state index contributed by atoms with van der Waals surface area (Å²) < 4.78 is 5.68. The molecule has 3 aromatic rings. The quantitative estimate of drug-likeness (QED) is 0.520. The molecular weight excluding hydrogens is 418 g/mol. The minimum absolute atomic E-state index is 0.0483. The summed E-state index contributed by atoms with van der Waals surface area (Å²) in [6, 6.07) is 7.81. The van der Waals surface area contributed by atoms with Gasteiger partial charge >= 0.3 is 0 Å². The lowest BCUT2D eigenvalue weighted by molar-refractivity contribution is -0.118. The summed E-state index contributed by atoms with van der Waals surface area (Å²) in [5.74, 6) is 2.23. The van der Waals surface area contributed by atoms with E-state index in [0.29, 0.717) is 30.5 Å². The summed E-state index contributed by atoms with van der Waals surface area (Å²) in [6.07, 6.45) is 4.35. The van der Waals surface area contributed by atoms with Crippen LogP contribution in [0.25, 0.3) is 10.2 Å². The van der Waals surface area contributed by atoms with Crippen LogP contribution in [0, 0.1) is 6.92 Å². The summed E-state index contributed by atoms with van der Waals surface area (Å²) in [5, 5.41) is 3.63. The van der Waals surface area contributed by atoms with Crippen LogP contribution in [-0.4, -0.2) is 34.8 Å². The van der Waals surface area contributed by atoms with Gasteiger partial charge in [0, 0.05) is 4.88 Å². The number of nitrogens with one attached hydrogen (secondary N) is 2. The number of hydrogen-bond acceptors (Lipinski definition) is 6. The van der Waals surface area contributed by atoms with Crippen molar-refractivity contribution in [1.29, 1.82) is 0 Å². The number of hydrogen-bond donors (Lipinski definition) is 2. The molecule has 0 unspecified atom stereocenters. The lowest BCUT2D eigenvalue weighted by Gasteiger charge is -2.10. The first-order valence-corrected chi connectivity index (χ1v) is 12.2. The second kappa shape index (κ2) is 9.66. The number of carbonyl (C=O) groups is 1. The molecule has 2 aromatic heterocycles. The molecule has 0 spiro atoms. The Morgan fingerprint density at radius 3 is 3.00 bits per heavy atom. The molecule has 1 amide bonds. The van der Waals surface area contributed by atoms with Crippen molar-refractivity contribution >= 4 is 39.2 Å². The van der Waals surface area contributed by atoms with E-state index in [1.807, 2.05) is 31.2 Å². The lowest BCUT2D eigenvalue weighted by Crippen LogP contribution is -2.29. The smallest absolute Gasteiger partial charge is 0.259 e. The molecule has 0 saturated carbocycles. The van der Waals surface area contributed by atoms with Gasteiger partial charge in [-0.1, -0.05) is 18.2 Å². The van der Waals surface area contributed by atoms with Crippen LogP contribution in [0.3, 0.4) is 0 Å². The number of H-pyrrole nitrogens is 1. The molecule has 30 heavy (non-hydrogen) atoms. The Labute approximate surface area is 183 Å². The SMILES string of the molecule is Cc1ccccc1OCCNC(=O)CSCc1nc2sc3c(c2c(=O)[nH]1)CCCC3. The predicted octanol–water partition coefficient (Wildman–Crippen LogP) is 3.60. The molecule has 1 aliphatic carbocycles. The molecule has 158 valence electrons. The number of fused-ring (bicyclic) bond motifs is 3. The van der Waals surface area contributed by atoms with Crippen molar-refractivity contribution in [3.8, 4) is 5.75 Å². The first-order chi connectivity index (χ1) is 14.6. The lowest BCUT2D eigenvalue weighted by atomic mass is 9.97. The Morgan fingerprint density at radius 2 is 2.13 bits per heavy atom. The third-order valence-corrected chi connectivity index (χ3v) is 7.25. The van der Waals surface area contributed by atoms with Crippen LogP contribution in [0.5, 0.6) is 5.75 Å². The van der Waals surface area contributed by atoms with Crippen LogP contribution in [-0.2, 0) is 23.4 Å². The highest BCUT2D eigenvalue weighted by Gasteiger charge is 2.19. The number of aryl methyl sites for hydroxylation is 3. The van der Waals surface area contributed by atoms with Crippen molar-refractivity contribution in [3.05, 3.63) is 56.4 Å². The van der Waals surface area contributed by atoms with E-state index in [9.17, 15) is 9.59 Å². The van der Waals surface area contributed by atoms with Crippen molar-refractivity contribution in [2.24, 2.45) is 0 Å². The van der Waals surface area contributed by atoms with Gasteiger partial charge in [-0.05, 0) is 49.8 Å². The monoisotopic (exact) mass is 443 g/mol. The number of aromatic amines is 1. The van der Waals surface area contributed by atoms with E-state index in [-0.39, 0.29) is 11.5 Å². The third kappa shape index (κ3) is 4.87. The van der Waals surface area contributed by atoms with Crippen molar-refractivity contribution in [1.82, 2.24) is 15.3 Å². The maximum absolute atomic E-state index is 12.6. The van der Waals surface area contributed by atoms with Gasteiger partial charge in [-0.15, -0.1) is 23.1 Å². The number of benzene rings is 1. The third-order valence-electron chi connectivity index (χ3n) is 5.12. The Hall–Kier alpha value is -2.32. The average molecular weight is 444 g/mol. The predicted molar refractivity (Wildman–Crippen MR) is 123 cm³/mol. The standard InChI is InChI=1S/C22H25N3O3S2/c1-14-6-2-4-8-16(14)28-11-10-23-19(26)13-29-12-18-24-21(27)20-15-7-3-5-9-17(15)30-22(20)25-18/h2,4,6,8H,3,5,7,9-13H2,1H3,(H,23,26)(H,24,25,27). The molecule has 0 fully saturated rings. The summed E-state index contributed by atoms with van der Waals surface area (Å²) in [5.41, 5.74) is 2.22. The summed E-state index contributed by atoms with van der Waals surface area (Å²) >= 11 is 3.09. The first-order valence-electron chi connectivity index (χ1n) is 10.2. The van der Waals surface area contributed by atoms with E-state index >= 15 is 0 Å². The zero-order valence-electron chi connectivity index (χ0n) is 17.0. The van der Waals surface area contributed by atoms with Crippen LogP contribution in [0.4, 0.5) is 0 Å². The molecule has 1 aromatic carbocycles. The van der Waals surface area contributed by atoms with Gasteiger partial charge in [0.2, 0.25) is 5.91 Å². The fourth-order valence-corrected chi connectivity index (χ4v) is 5.64. The number of amides is 1. The van der Waals surface area contributed by atoms with Gasteiger partial charge in [-0.25, -0.2) is 4.98 Å². The summed E-state index contributed by atoms with van der Waals surface area (Å²) in [4.78, 5) is 34.3. The minimum Gasteiger partial charge on any atom is -0.491 e. The van der Waals surface area contributed by atoms with Gasteiger partial charge in [0.1, 0.15) is 23.0 Å². The molecule has 2 heterocycles. The average Bonchev–Trinajstić information content (AvgIpc) is 3.11. The van der Waals surface area contributed by atoms with Gasteiger partial charge in [-0.3, -0.25) is 9.59 Å². The van der Waals surface area contributed by atoms with Crippen LogP contribution in [0.2, 0.25) is 0 Å². The van der Waals surface area contributed by atoms with E-state index in [1.54, 1.807) is 11.3 Å². The van der Waals surface area contributed by atoms with Crippen LogP contribution in [0.1, 0.15) is 34.7 Å². The molecule has 1 aliphatic rings. The van der Waals surface area contributed by atoms with Crippen molar-refractivity contribution in [2.45, 2.75) is 38.4 Å². The molecule has 4 rings (SSSR count). The van der Waals surface area contributed by atoms with E-state index in [2.05, 4.69) is 15.3 Å². The normalized spacial score (nSPS) is 13.2. The maximum atomic E-state index is 12.6. The van der Waals surface area contributed by atoms with E-state index in [4.69, 9.17) is 4.74 Å². The summed E-state index contributed by atoms with van der Waals surface area (Å²) in [7, 11) is 0. The second-order valence-electron chi connectivity index (χ2n) is 7.36. The highest BCUT2D eigenvalue weighted by Crippen LogP contribution is 2.33. The Kier molecular flexibility index (Phi) is 6.74. The number of aromatic nitrogens is 2. The fourth-order valence-electron chi connectivity index (χ4n) is 3.64. The van der Waals surface area contributed by atoms with Gasteiger partial charge < -0.3 is 15.0 Å². The number of ether oxygens (including phenoxy) is 1. The van der Waals surface area contributed by atoms with Gasteiger partial charge in [0.25, 0.3) is 5.56 Å². The van der Waals surface area contributed by atoms with Gasteiger partial charge in [-0.2, -0.15) is 0 Å². The Balaban J connectivity index is 1.24. The molecule has 0 aliphatic heterocycles. The van der Waals surface area contributed by atoms with Crippen molar-refractivity contribution < 1.29 is 9.53 Å². The molecule has 0 radical (unpaired) electrons. The number of carbonyl (C=O) groups excluding carboxylic acids is 1. The largest absolute Gasteiger partial charge is 0.491 e. The molecule has 8 heteroatoms. The Morgan fingerprint density at radius 1 is 1.30 bits per heavy atom.